The van der Waals surface area contributed by atoms with Crippen LogP contribution in [0.15, 0.2) is 0 Å². The number of nitrogens with zero attached hydrogens (tertiary/aromatic N) is 2. The Bertz CT molecular complexity index is 1040. The first-order valence-corrected chi connectivity index (χ1v) is 18.2. The fourth-order valence-electron chi connectivity index (χ4n) is 6.36. The van der Waals surface area contributed by atoms with Gasteiger partial charge in [0.1, 0.15) is 18.1 Å². The maximum atomic E-state index is 14.4. The number of hydrogen-bond donors (Lipinski definition) is 6. The number of hydrogen-bond acceptors (Lipinski definition) is 8. The summed E-state index contributed by atoms with van der Waals surface area (Å²) in [5, 5.41) is 18.3. The monoisotopic (exact) mass is 700 g/mol. The predicted molar refractivity (Wildman–Crippen MR) is 189 cm³/mol. The summed E-state index contributed by atoms with van der Waals surface area (Å²) < 4.78 is 13.6. The fraction of sp³-hybridized carbons (Fsp3) is 0.857. The zero-order chi connectivity index (χ0) is 37.3. The van der Waals surface area contributed by atoms with Gasteiger partial charge >= 0.3 is 0 Å². The smallest absolute Gasteiger partial charge is 0.243 e. The average molecular weight is 700 g/mol. The zero-order valence-electron chi connectivity index (χ0n) is 31.0. The third-order valence-corrected chi connectivity index (χ3v) is 9.58. The van der Waals surface area contributed by atoms with Crippen molar-refractivity contribution in [3.8, 4) is 0 Å². The Labute approximate surface area is 293 Å². The van der Waals surface area contributed by atoms with Crippen molar-refractivity contribution in [3.63, 3.8) is 0 Å². The molecule has 0 aromatic carbocycles. The number of carbonyl (C=O) groups excluding carboxylic acids is 5. The van der Waals surface area contributed by atoms with E-state index >= 15 is 0 Å². The number of nitrogens with one attached hydrogen (secondary N) is 3. The minimum Gasteiger partial charge on any atom is -0.393 e. The van der Waals surface area contributed by atoms with Crippen LogP contribution in [0.2, 0.25) is 0 Å². The standard InChI is InChI=1S/C35H66FN7O6/c1-8-9-18-43(21-23(4)39-32(46)24(5)25(6)44)28(16-13-17-36)35(49)42(7)29(19-22(2)3)33(47)41-30(26-14-11-10-12-15-26)34(48)40-27(20-37)31(38)45/h22-30,44H,8-21,37H2,1-7H3,(H2,38,45)(H,39,46)(H,40,48)(H,41,47)/t23-,24+,25+,27+,28+,29+,30+/m1/s1. The molecule has 5 amide bonds. The molecule has 49 heavy (non-hydrogen) atoms. The molecule has 0 aromatic rings. The van der Waals surface area contributed by atoms with Crippen molar-refractivity contribution in [1.82, 2.24) is 25.8 Å². The molecule has 0 bridgehead atoms. The molecular formula is C35H66FN7O6. The summed E-state index contributed by atoms with van der Waals surface area (Å²) in [7, 11) is 1.57. The van der Waals surface area contributed by atoms with E-state index < -0.39 is 60.6 Å². The number of unbranched alkanes of at least 4 members (excludes halogenated alkanes) is 1. The highest BCUT2D eigenvalue weighted by atomic mass is 19.1. The largest absolute Gasteiger partial charge is 0.393 e. The van der Waals surface area contributed by atoms with Gasteiger partial charge in [-0.15, -0.1) is 0 Å². The Hall–Kier alpha value is -2.84. The lowest BCUT2D eigenvalue weighted by Gasteiger charge is -2.38. The minimum absolute atomic E-state index is 0.0102. The molecule has 0 heterocycles. The van der Waals surface area contributed by atoms with Crippen LogP contribution in [-0.2, 0) is 24.0 Å². The van der Waals surface area contributed by atoms with Gasteiger partial charge in [0.15, 0.2) is 0 Å². The minimum atomic E-state index is -1.08. The van der Waals surface area contributed by atoms with Crippen LogP contribution in [0.25, 0.3) is 0 Å². The summed E-state index contributed by atoms with van der Waals surface area (Å²) in [5.41, 5.74) is 11.1. The van der Waals surface area contributed by atoms with E-state index in [4.69, 9.17) is 11.5 Å². The highest BCUT2D eigenvalue weighted by molar-refractivity contribution is 5.94. The average Bonchev–Trinajstić information content (AvgIpc) is 3.06. The molecule has 0 radical (unpaired) electrons. The third kappa shape index (κ3) is 14.9. The molecule has 14 heteroatoms. The van der Waals surface area contributed by atoms with Gasteiger partial charge in [-0.1, -0.05) is 53.4 Å². The van der Waals surface area contributed by atoms with Gasteiger partial charge in [0, 0.05) is 26.2 Å². The molecule has 0 unspecified atom stereocenters. The van der Waals surface area contributed by atoms with Crippen molar-refractivity contribution >= 4 is 29.5 Å². The van der Waals surface area contributed by atoms with Crippen molar-refractivity contribution in [2.45, 2.75) is 142 Å². The Morgan fingerprint density at radius 3 is 2.04 bits per heavy atom. The van der Waals surface area contributed by atoms with E-state index in [9.17, 15) is 33.5 Å². The lowest BCUT2D eigenvalue weighted by molar-refractivity contribution is -0.145. The second-order valence-electron chi connectivity index (χ2n) is 14.3. The normalized spacial score (nSPS) is 18.1. The SMILES string of the molecule is CCCCN(C[C@@H](C)NC(=O)[C@@H](C)[C@H](C)O)[C@@H](CCCF)C(=O)N(C)[C@@H](CC(C)C)C(=O)N[C@H](C(=O)N[C@@H](CN)C(N)=O)C1CCCCC1. The number of amides is 5. The van der Waals surface area contributed by atoms with Crippen LogP contribution < -0.4 is 27.4 Å². The van der Waals surface area contributed by atoms with Crippen LogP contribution in [0.3, 0.4) is 0 Å². The van der Waals surface area contributed by atoms with E-state index in [1.54, 1.807) is 20.9 Å². The number of likely N-dealkylation sites (N-methyl/N-ethyl adjacent to an activating group) is 1. The van der Waals surface area contributed by atoms with Gasteiger partial charge in [0.25, 0.3) is 0 Å². The van der Waals surface area contributed by atoms with Crippen LogP contribution in [-0.4, -0.2) is 114 Å². The molecule has 0 spiro atoms. The van der Waals surface area contributed by atoms with E-state index in [0.717, 1.165) is 32.1 Å². The lowest BCUT2D eigenvalue weighted by atomic mass is 9.83. The summed E-state index contributed by atoms with van der Waals surface area (Å²) in [4.78, 5) is 69.9. The summed E-state index contributed by atoms with van der Waals surface area (Å²) in [6, 6.07) is -4.10. The highest BCUT2D eigenvalue weighted by Gasteiger charge is 2.38. The van der Waals surface area contributed by atoms with Gasteiger partial charge in [-0.05, 0) is 70.8 Å². The quantitative estimate of drug-likeness (QED) is 0.0924. The van der Waals surface area contributed by atoms with E-state index in [1.165, 1.54) is 4.90 Å². The van der Waals surface area contributed by atoms with Crippen LogP contribution in [0.4, 0.5) is 4.39 Å². The van der Waals surface area contributed by atoms with E-state index in [-0.39, 0.29) is 49.1 Å². The van der Waals surface area contributed by atoms with Gasteiger partial charge in [0.2, 0.25) is 29.5 Å². The Morgan fingerprint density at radius 2 is 1.53 bits per heavy atom. The Balaban J connectivity index is 3.39. The van der Waals surface area contributed by atoms with Gasteiger partial charge < -0.3 is 37.4 Å². The van der Waals surface area contributed by atoms with Gasteiger partial charge in [0.05, 0.1) is 24.7 Å². The molecule has 284 valence electrons. The Kier molecular flexibility index (Phi) is 20.6. The summed E-state index contributed by atoms with van der Waals surface area (Å²) >= 11 is 0. The number of primary amides is 1. The lowest BCUT2D eigenvalue weighted by Crippen LogP contribution is -2.61. The topological polar surface area (TPSA) is 200 Å². The van der Waals surface area contributed by atoms with Gasteiger partial charge in [-0.3, -0.25) is 33.3 Å². The molecule has 13 nitrogen and oxygen atoms in total. The highest BCUT2D eigenvalue weighted by Crippen LogP contribution is 2.27. The summed E-state index contributed by atoms with van der Waals surface area (Å²) in [6.07, 6.45) is 5.70. The fourth-order valence-corrected chi connectivity index (χ4v) is 6.36. The second kappa shape index (κ2) is 22.8. The molecule has 0 saturated heterocycles. The molecule has 0 aromatic heterocycles. The number of rotatable bonds is 23. The van der Waals surface area contributed by atoms with Crippen LogP contribution in [0.5, 0.6) is 0 Å². The van der Waals surface area contributed by atoms with Crippen molar-refractivity contribution in [2.75, 3.05) is 33.4 Å². The van der Waals surface area contributed by atoms with E-state index in [0.29, 0.717) is 32.4 Å². The van der Waals surface area contributed by atoms with E-state index in [2.05, 4.69) is 16.0 Å². The molecule has 1 fully saturated rings. The maximum absolute atomic E-state index is 14.4. The molecule has 8 N–H and O–H groups in total. The van der Waals surface area contributed by atoms with Crippen LogP contribution in [0, 0.1) is 17.8 Å². The number of halogens is 1. The first kappa shape index (κ1) is 44.2. The van der Waals surface area contributed by atoms with Gasteiger partial charge in [-0.25, -0.2) is 0 Å². The molecule has 1 saturated carbocycles. The number of aliphatic hydroxyl groups is 1. The molecule has 1 aliphatic rings. The predicted octanol–water partition coefficient (Wildman–Crippen LogP) is 1.60. The molecule has 7 atom stereocenters. The van der Waals surface area contributed by atoms with Crippen LogP contribution >= 0.6 is 0 Å². The van der Waals surface area contributed by atoms with Crippen LogP contribution in [0.1, 0.15) is 106 Å². The first-order valence-electron chi connectivity index (χ1n) is 18.2. The van der Waals surface area contributed by atoms with Crippen molar-refractivity contribution in [1.29, 1.82) is 0 Å². The molecule has 0 aliphatic heterocycles. The first-order chi connectivity index (χ1) is 23.1. The maximum Gasteiger partial charge on any atom is 0.243 e. The second-order valence-corrected chi connectivity index (χ2v) is 14.3. The summed E-state index contributed by atoms with van der Waals surface area (Å²) in [6.45, 7) is 11.0. The van der Waals surface area contributed by atoms with Crippen molar-refractivity contribution < 1.29 is 33.5 Å². The zero-order valence-corrected chi connectivity index (χ0v) is 31.0. The van der Waals surface area contributed by atoms with E-state index in [1.807, 2.05) is 32.6 Å². The third-order valence-electron chi connectivity index (χ3n) is 9.58. The number of aliphatic hydroxyl groups excluding tert-OH is 1. The summed E-state index contributed by atoms with van der Waals surface area (Å²) in [5.74, 6) is -3.23. The molecular weight excluding hydrogens is 633 g/mol. The number of alkyl halides is 1. The molecule has 1 rings (SSSR count). The Morgan fingerprint density at radius 1 is 0.898 bits per heavy atom. The number of carbonyl (C=O) groups is 5. The molecule has 1 aliphatic carbocycles. The van der Waals surface area contributed by atoms with Gasteiger partial charge in [-0.2, -0.15) is 0 Å². The number of nitrogens with two attached hydrogens (primary N) is 2. The van der Waals surface area contributed by atoms with Crippen molar-refractivity contribution in [2.24, 2.45) is 29.2 Å². The van der Waals surface area contributed by atoms with Crippen molar-refractivity contribution in [3.05, 3.63) is 0 Å².